The largest absolute Gasteiger partial charge is 0.372 e. The number of nitrogens with zero attached hydrogens (tertiary/aromatic N) is 3. The molecule has 0 saturated heterocycles. The number of rotatable bonds is 3. The summed E-state index contributed by atoms with van der Waals surface area (Å²) in [6.45, 7) is 2.20. The van der Waals surface area contributed by atoms with Crippen LogP contribution in [0, 0.1) is 16.0 Å². The summed E-state index contributed by atoms with van der Waals surface area (Å²) in [6.07, 6.45) is 6.36. The Balaban J connectivity index is 1.93. The first-order valence-corrected chi connectivity index (χ1v) is 7.41. The second-order valence-electron chi connectivity index (χ2n) is 5.11. The van der Waals surface area contributed by atoms with E-state index in [1.165, 1.54) is 30.6 Å². The van der Waals surface area contributed by atoms with E-state index in [1.807, 2.05) is 5.38 Å². The second-order valence-corrected chi connectivity index (χ2v) is 5.98. The number of hydrogen-bond acceptors (Lipinski definition) is 5. The molecule has 0 amide bonds. The van der Waals surface area contributed by atoms with Crippen LogP contribution in [0.2, 0.25) is 0 Å². The van der Waals surface area contributed by atoms with Crippen LogP contribution in [-0.4, -0.2) is 20.3 Å². The molecule has 2 atom stereocenters. The van der Waals surface area contributed by atoms with Gasteiger partial charge < -0.3 is 15.4 Å². The van der Waals surface area contributed by atoms with E-state index in [1.54, 1.807) is 10.6 Å². The van der Waals surface area contributed by atoms with Crippen LogP contribution in [0.15, 0.2) is 11.6 Å². The van der Waals surface area contributed by atoms with Crippen molar-refractivity contribution in [2.24, 2.45) is 5.92 Å². The highest BCUT2D eigenvalue weighted by atomic mass is 32.1. The van der Waals surface area contributed by atoms with Crippen molar-refractivity contribution in [3.05, 3.63) is 21.7 Å². The van der Waals surface area contributed by atoms with Gasteiger partial charge in [0, 0.05) is 11.4 Å². The van der Waals surface area contributed by atoms with Crippen molar-refractivity contribution < 1.29 is 4.92 Å². The monoisotopic (exact) mass is 280 g/mol. The smallest absolute Gasteiger partial charge is 0.360 e. The van der Waals surface area contributed by atoms with Crippen LogP contribution >= 0.6 is 11.3 Å². The third kappa shape index (κ3) is 2.18. The van der Waals surface area contributed by atoms with Crippen molar-refractivity contribution in [3.63, 3.8) is 0 Å². The van der Waals surface area contributed by atoms with Crippen LogP contribution in [0.4, 0.5) is 11.6 Å². The van der Waals surface area contributed by atoms with E-state index in [2.05, 4.69) is 17.2 Å². The normalized spacial score (nSPS) is 23.6. The third-order valence-electron chi connectivity index (χ3n) is 3.84. The molecule has 1 aliphatic carbocycles. The van der Waals surface area contributed by atoms with E-state index < -0.39 is 0 Å². The van der Waals surface area contributed by atoms with Gasteiger partial charge in [-0.15, -0.1) is 0 Å². The van der Waals surface area contributed by atoms with Crippen molar-refractivity contribution in [1.29, 1.82) is 0 Å². The number of anilines is 1. The number of hydrogen-bond donors (Lipinski definition) is 1. The van der Waals surface area contributed by atoms with Gasteiger partial charge in [-0.05, 0) is 23.7 Å². The van der Waals surface area contributed by atoms with Gasteiger partial charge in [0.2, 0.25) is 5.82 Å². The maximum atomic E-state index is 11.2. The van der Waals surface area contributed by atoms with E-state index in [9.17, 15) is 10.1 Å². The summed E-state index contributed by atoms with van der Waals surface area (Å²) in [6, 6.07) is 0.289. The maximum absolute atomic E-state index is 11.2. The number of fused-ring (bicyclic) bond motifs is 1. The summed E-state index contributed by atoms with van der Waals surface area (Å²) >= 11 is 1.41. The molecule has 6 nitrogen and oxygen atoms in total. The lowest BCUT2D eigenvalue weighted by molar-refractivity contribution is -0.389. The van der Waals surface area contributed by atoms with E-state index in [0.717, 1.165) is 6.42 Å². The summed E-state index contributed by atoms with van der Waals surface area (Å²) in [4.78, 5) is 15.9. The van der Waals surface area contributed by atoms with Crippen LogP contribution in [0.1, 0.15) is 32.6 Å². The highest BCUT2D eigenvalue weighted by Crippen LogP contribution is 2.32. The zero-order valence-electron chi connectivity index (χ0n) is 10.7. The number of imidazole rings is 1. The number of nitrogens with one attached hydrogen (secondary N) is 1. The number of nitro groups is 1. The molecule has 1 N–H and O–H groups in total. The van der Waals surface area contributed by atoms with Gasteiger partial charge in [-0.3, -0.25) is 0 Å². The van der Waals surface area contributed by atoms with Crippen LogP contribution in [-0.2, 0) is 0 Å². The average molecular weight is 280 g/mol. The summed E-state index contributed by atoms with van der Waals surface area (Å²) in [5.41, 5.74) is 0. The Morgan fingerprint density at radius 3 is 3.05 bits per heavy atom. The molecule has 19 heavy (non-hydrogen) atoms. The quantitative estimate of drug-likeness (QED) is 0.691. The van der Waals surface area contributed by atoms with Crippen molar-refractivity contribution in [1.82, 2.24) is 9.38 Å². The fourth-order valence-electron chi connectivity index (χ4n) is 2.75. The fourth-order valence-corrected chi connectivity index (χ4v) is 3.46. The molecule has 7 heteroatoms. The first-order chi connectivity index (χ1) is 9.16. The Morgan fingerprint density at radius 1 is 1.53 bits per heavy atom. The molecule has 0 spiro atoms. The van der Waals surface area contributed by atoms with Crippen LogP contribution in [0.25, 0.3) is 4.96 Å². The predicted molar refractivity (Wildman–Crippen MR) is 74.8 cm³/mol. The van der Waals surface area contributed by atoms with Gasteiger partial charge in [0.1, 0.15) is 6.20 Å². The van der Waals surface area contributed by atoms with Crippen LogP contribution in [0.5, 0.6) is 0 Å². The van der Waals surface area contributed by atoms with E-state index in [0.29, 0.717) is 16.7 Å². The number of thiazole rings is 1. The molecular formula is C12H16N4O2S. The van der Waals surface area contributed by atoms with Crippen molar-refractivity contribution in [2.75, 3.05) is 5.32 Å². The summed E-state index contributed by atoms with van der Waals surface area (Å²) in [5, 5.41) is 16.3. The molecule has 0 aliphatic heterocycles. The fraction of sp³-hybridized carbons (Fsp3) is 0.583. The Bertz CT molecular complexity index is 606. The summed E-state index contributed by atoms with van der Waals surface area (Å²) < 4.78 is 1.54. The first-order valence-electron chi connectivity index (χ1n) is 6.53. The third-order valence-corrected chi connectivity index (χ3v) is 4.60. The molecule has 3 rings (SSSR count). The predicted octanol–water partition coefficient (Wildman–Crippen LogP) is 3.29. The average Bonchev–Trinajstić information content (AvgIpc) is 2.91. The highest BCUT2D eigenvalue weighted by molar-refractivity contribution is 7.15. The maximum Gasteiger partial charge on any atom is 0.372 e. The second kappa shape index (κ2) is 4.80. The van der Waals surface area contributed by atoms with Gasteiger partial charge in [-0.1, -0.05) is 31.1 Å². The zero-order chi connectivity index (χ0) is 13.4. The molecule has 2 aromatic heterocycles. The first kappa shape index (κ1) is 12.4. The van der Waals surface area contributed by atoms with E-state index in [-0.39, 0.29) is 16.8 Å². The Hall–Kier alpha value is -1.63. The Labute approximate surface area is 114 Å². The zero-order valence-corrected chi connectivity index (χ0v) is 11.5. The lowest BCUT2D eigenvalue weighted by Crippen LogP contribution is -2.30. The standard InChI is InChI=1S/C12H16N4O2S/c1-8-4-2-3-5-9(8)13-10-11(16(17)18)15-6-7-19-12(15)14-10/h6-9,13H,2-5H2,1H3. The van der Waals surface area contributed by atoms with Gasteiger partial charge in [0.05, 0.1) is 0 Å². The molecule has 1 aliphatic rings. The highest BCUT2D eigenvalue weighted by Gasteiger charge is 2.28. The van der Waals surface area contributed by atoms with Gasteiger partial charge >= 0.3 is 5.82 Å². The molecule has 0 bridgehead atoms. The SMILES string of the molecule is CC1CCCCC1Nc1nc2sccn2c1[N+](=O)[O-]. The van der Waals surface area contributed by atoms with E-state index >= 15 is 0 Å². The molecule has 1 saturated carbocycles. The molecule has 2 heterocycles. The molecule has 0 radical (unpaired) electrons. The molecule has 2 aromatic rings. The Morgan fingerprint density at radius 2 is 2.32 bits per heavy atom. The summed E-state index contributed by atoms with van der Waals surface area (Å²) in [5.74, 6) is 0.998. The number of aromatic nitrogens is 2. The molecule has 102 valence electrons. The lowest BCUT2D eigenvalue weighted by atomic mass is 9.86. The van der Waals surface area contributed by atoms with Gasteiger partial charge in [0.25, 0.3) is 4.96 Å². The molecule has 2 unspecified atom stereocenters. The molecule has 0 aromatic carbocycles. The molecule has 1 fully saturated rings. The minimum absolute atomic E-state index is 0.0500. The van der Waals surface area contributed by atoms with Gasteiger partial charge in [-0.2, -0.15) is 9.38 Å². The lowest BCUT2D eigenvalue weighted by Gasteiger charge is -2.29. The molecular weight excluding hydrogens is 264 g/mol. The van der Waals surface area contributed by atoms with Crippen LogP contribution in [0.3, 0.4) is 0 Å². The summed E-state index contributed by atoms with van der Waals surface area (Å²) in [7, 11) is 0. The van der Waals surface area contributed by atoms with Crippen molar-refractivity contribution in [3.8, 4) is 0 Å². The van der Waals surface area contributed by atoms with E-state index in [4.69, 9.17) is 0 Å². The van der Waals surface area contributed by atoms with Gasteiger partial charge in [-0.25, -0.2) is 0 Å². The minimum atomic E-state index is -0.359. The topological polar surface area (TPSA) is 72.5 Å². The minimum Gasteiger partial charge on any atom is -0.360 e. The van der Waals surface area contributed by atoms with Crippen LogP contribution < -0.4 is 5.32 Å². The van der Waals surface area contributed by atoms with Crippen molar-refractivity contribution >= 4 is 27.9 Å². The van der Waals surface area contributed by atoms with Crippen molar-refractivity contribution in [2.45, 2.75) is 38.6 Å². The Kier molecular flexibility index (Phi) is 3.14. The van der Waals surface area contributed by atoms with Gasteiger partial charge in [0.15, 0.2) is 0 Å².